The van der Waals surface area contributed by atoms with E-state index in [-0.39, 0.29) is 5.92 Å². The Morgan fingerprint density at radius 1 is 0.941 bits per heavy atom. The number of methoxy groups -OCH3 is 1. The Balaban J connectivity index is 1.78. The van der Waals surface area contributed by atoms with Crippen LogP contribution in [0.5, 0.6) is 23.0 Å². The zero-order valence-electron chi connectivity index (χ0n) is 19.7. The lowest BCUT2D eigenvalue weighted by Crippen LogP contribution is -2.52. The first kappa shape index (κ1) is 22.6. The minimum absolute atomic E-state index is 0.320. The van der Waals surface area contributed by atoms with Crippen molar-refractivity contribution in [3.63, 3.8) is 0 Å². The number of hydrogen-bond acceptors (Lipinski definition) is 6. The molecule has 1 heterocycles. The van der Waals surface area contributed by atoms with Gasteiger partial charge in [0, 0.05) is 18.1 Å². The van der Waals surface area contributed by atoms with Crippen LogP contribution >= 0.6 is 0 Å². The Bertz CT molecular complexity index is 1160. The Morgan fingerprint density at radius 2 is 1.65 bits per heavy atom. The summed E-state index contributed by atoms with van der Waals surface area (Å²) in [5.74, 6) is 1.87. The number of fused-ring (bicyclic) bond motifs is 3. The van der Waals surface area contributed by atoms with Crippen molar-refractivity contribution in [3.05, 3.63) is 83.4 Å². The molecule has 6 nitrogen and oxygen atoms in total. The first-order chi connectivity index (χ1) is 16.5. The molecule has 0 spiro atoms. The van der Waals surface area contributed by atoms with Gasteiger partial charge in [0.25, 0.3) is 0 Å². The average molecular weight is 463 g/mol. The van der Waals surface area contributed by atoms with E-state index in [0.29, 0.717) is 48.2 Å². The summed E-state index contributed by atoms with van der Waals surface area (Å²) in [5, 5.41) is 24.0. The van der Waals surface area contributed by atoms with Gasteiger partial charge in [0.1, 0.15) is 23.0 Å². The Labute approximate surface area is 199 Å². The van der Waals surface area contributed by atoms with Crippen molar-refractivity contribution < 1.29 is 29.2 Å². The average Bonchev–Trinajstić information content (AvgIpc) is 3.25. The van der Waals surface area contributed by atoms with Gasteiger partial charge >= 0.3 is 0 Å². The molecule has 34 heavy (non-hydrogen) atoms. The van der Waals surface area contributed by atoms with Crippen molar-refractivity contribution in [1.82, 2.24) is 0 Å². The van der Waals surface area contributed by atoms with Gasteiger partial charge in [0.2, 0.25) is 0 Å². The molecule has 6 heteroatoms. The molecule has 1 fully saturated rings. The van der Waals surface area contributed by atoms with Gasteiger partial charge in [-0.2, -0.15) is 0 Å². The second kappa shape index (κ2) is 8.53. The summed E-state index contributed by atoms with van der Waals surface area (Å²) in [6, 6.07) is 20.9. The van der Waals surface area contributed by atoms with Crippen LogP contribution in [0, 0.1) is 0 Å². The lowest BCUT2D eigenvalue weighted by molar-refractivity contribution is -0.150. The van der Waals surface area contributed by atoms with E-state index in [2.05, 4.69) is 0 Å². The van der Waals surface area contributed by atoms with Gasteiger partial charge in [0.05, 0.1) is 32.0 Å². The predicted molar refractivity (Wildman–Crippen MR) is 128 cm³/mol. The molecule has 1 saturated carbocycles. The van der Waals surface area contributed by atoms with Crippen LogP contribution < -0.4 is 18.9 Å². The molecule has 0 radical (unpaired) electrons. The van der Waals surface area contributed by atoms with Crippen molar-refractivity contribution >= 4 is 0 Å². The van der Waals surface area contributed by atoms with Crippen LogP contribution in [0.3, 0.4) is 0 Å². The summed E-state index contributed by atoms with van der Waals surface area (Å²) < 4.78 is 23.9. The summed E-state index contributed by atoms with van der Waals surface area (Å²) in [6.07, 6.45) is -0.761. The summed E-state index contributed by atoms with van der Waals surface area (Å²) in [6.45, 7) is 4.66. The number of aliphatic hydroxyl groups excluding tert-OH is 1. The predicted octanol–water partition coefficient (Wildman–Crippen LogP) is 4.52. The maximum absolute atomic E-state index is 12.5. The van der Waals surface area contributed by atoms with E-state index in [4.69, 9.17) is 18.9 Å². The molecule has 0 aromatic heterocycles. The molecule has 2 N–H and O–H groups in total. The minimum atomic E-state index is -1.74. The van der Waals surface area contributed by atoms with Gasteiger partial charge in [-0.25, -0.2) is 0 Å². The molecule has 1 aliphatic carbocycles. The van der Waals surface area contributed by atoms with E-state index >= 15 is 0 Å². The summed E-state index contributed by atoms with van der Waals surface area (Å²) >= 11 is 0. The zero-order valence-corrected chi connectivity index (χ0v) is 19.7. The first-order valence-corrected chi connectivity index (χ1v) is 11.7. The van der Waals surface area contributed by atoms with Crippen molar-refractivity contribution in [2.45, 2.75) is 43.5 Å². The highest BCUT2D eigenvalue weighted by atomic mass is 16.5. The third-order valence-electron chi connectivity index (χ3n) is 7.02. The van der Waals surface area contributed by atoms with Crippen LogP contribution in [0.4, 0.5) is 0 Å². The van der Waals surface area contributed by atoms with E-state index < -0.39 is 17.3 Å². The summed E-state index contributed by atoms with van der Waals surface area (Å²) in [4.78, 5) is 0. The molecular formula is C28H30O6. The SMILES string of the molecule is CCOc1cc(OCC)c2c(c1)O[C@]1(c3ccc(OC)cc3)[C@@H](c3ccccc3)C[C@H](O)[C@]21O. The maximum Gasteiger partial charge on any atom is 0.176 e. The lowest BCUT2D eigenvalue weighted by atomic mass is 9.71. The Kier molecular flexibility index (Phi) is 5.66. The van der Waals surface area contributed by atoms with Gasteiger partial charge in [-0.05, 0) is 43.5 Å². The highest BCUT2D eigenvalue weighted by Gasteiger charge is 2.73. The van der Waals surface area contributed by atoms with E-state index in [1.165, 1.54) is 0 Å². The topological polar surface area (TPSA) is 77.4 Å². The van der Waals surface area contributed by atoms with Crippen molar-refractivity contribution in [1.29, 1.82) is 0 Å². The van der Waals surface area contributed by atoms with Crippen LogP contribution in [0.15, 0.2) is 66.7 Å². The molecule has 5 rings (SSSR count). The van der Waals surface area contributed by atoms with Gasteiger partial charge in [-0.3, -0.25) is 0 Å². The van der Waals surface area contributed by atoms with Gasteiger partial charge in [0.15, 0.2) is 11.2 Å². The van der Waals surface area contributed by atoms with Crippen molar-refractivity contribution in [2.75, 3.05) is 20.3 Å². The fraction of sp³-hybridized carbons (Fsp3) is 0.357. The molecule has 3 aromatic carbocycles. The van der Waals surface area contributed by atoms with E-state index in [1.807, 2.05) is 68.4 Å². The van der Waals surface area contributed by atoms with Crippen LogP contribution in [-0.2, 0) is 11.2 Å². The van der Waals surface area contributed by atoms with Gasteiger partial charge < -0.3 is 29.2 Å². The highest BCUT2D eigenvalue weighted by Crippen LogP contribution is 2.68. The Hall–Kier alpha value is -3.22. The largest absolute Gasteiger partial charge is 0.497 e. The molecule has 3 aromatic rings. The third-order valence-corrected chi connectivity index (χ3v) is 7.02. The number of aliphatic hydroxyl groups is 2. The lowest BCUT2D eigenvalue weighted by Gasteiger charge is -2.40. The normalized spacial score (nSPS) is 27.0. The second-order valence-corrected chi connectivity index (χ2v) is 8.71. The summed E-state index contributed by atoms with van der Waals surface area (Å²) in [5.41, 5.74) is -0.840. The first-order valence-electron chi connectivity index (χ1n) is 11.7. The second-order valence-electron chi connectivity index (χ2n) is 8.71. The molecule has 178 valence electrons. The van der Waals surface area contributed by atoms with Gasteiger partial charge in [-0.1, -0.05) is 42.5 Å². The maximum atomic E-state index is 12.5. The van der Waals surface area contributed by atoms with E-state index in [9.17, 15) is 10.2 Å². The fourth-order valence-corrected chi connectivity index (χ4v) is 5.66. The van der Waals surface area contributed by atoms with Crippen molar-refractivity contribution in [2.24, 2.45) is 0 Å². The van der Waals surface area contributed by atoms with E-state index in [0.717, 1.165) is 11.1 Å². The molecular weight excluding hydrogens is 432 g/mol. The van der Waals surface area contributed by atoms with Crippen LogP contribution in [0.2, 0.25) is 0 Å². The zero-order chi connectivity index (χ0) is 23.9. The highest BCUT2D eigenvalue weighted by molar-refractivity contribution is 5.62. The standard InChI is InChI=1S/C28H30O6/c1-4-32-21-15-23(33-5-2)26-24(16-21)34-28(19-11-13-20(31-3)14-12-19)22(17-25(29)27(26,28)30)18-9-7-6-8-10-18/h6-16,22,25,29-30H,4-5,17H2,1-3H3/t22-,25+,27+,28-/m1/s1. The number of benzene rings is 3. The summed E-state index contributed by atoms with van der Waals surface area (Å²) in [7, 11) is 1.61. The fourth-order valence-electron chi connectivity index (χ4n) is 5.66. The quantitative estimate of drug-likeness (QED) is 0.538. The molecule has 0 saturated heterocycles. The van der Waals surface area contributed by atoms with E-state index in [1.54, 1.807) is 19.2 Å². The smallest absolute Gasteiger partial charge is 0.176 e. The van der Waals surface area contributed by atoms with Crippen molar-refractivity contribution in [3.8, 4) is 23.0 Å². The molecule has 4 atom stereocenters. The van der Waals surface area contributed by atoms with Crippen LogP contribution in [-0.4, -0.2) is 36.6 Å². The molecule has 1 aliphatic heterocycles. The van der Waals surface area contributed by atoms with Crippen LogP contribution in [0.25, 0.3) is 0 Å². The molecule has 2 aliphatic rings. The monoisotopic (exact) mass is 462 g/mol. The van der Waals surface area contributed by atoms with Crippen LogP contribution in [0.1, 0.15) is 42.9 Å². The van der Waals surface area contributed by atoms with Gasteiger partial charge in [-0.15, -0.1) is 0 Å². The molecule has 0 amide bonds. The molecule has 0 unspecified atom stereocenters. The third kappa shape index (κ3) is 3.09. The Morgan fingerprint density at radius 3 is 2.29 bits per heavy atom. The number of hydrogen-bond donors (Lipinski definition) is 2. The number of rotatable bonds is 7. The number of ether oxygens (including phenoxy) is 4. The molecule has 0 bridgehead atoms. The minimum Gasteiger partial charge on any atom is -0.497 e.